The summed E-state index contributed by atoms with van der Waals surface area (Å²) in [7, 11) is 1.47. The lowest BCUT2D eigenvalue weighted by Crippen LogP contribution is -2.13. The second-order valence-electron chi connectivity index (χ2n) is 4.04. The summed E-state index contributed by atoms with van der Waals surface area (Å²) >= 11 is 11.9. The summed E-state index contributed by atoms with van der Waals surface area (Å²) < 4.78 is 5.14. The monoisotopic (exact) mass is 310 g/mol. The number of ether oxygens (including phenoxy) is 1. The third kappa shape index (κ3) is 3.15. The van der Waals surface area contributed by atoms with E-state index in [0.29, 0.717) is 32.7 Å². The third-order valence-electron chi connectivity index (χ3n) is 2.65. The SMILES string of the molecule is COc1cc(Cl)ccc1C(=O)Nc1cc(N)ccc1Cl. The van der Waals surface area contributed by atoms with Gasteiger partial charge >= 0.3 is 0 Å². The van der Waals surface area contributed by atoms with Crippen LogP contribution in [0.25, 0.3) is 0 Å². The minimum atomic E-state index is -0.356. The highest BCUT2D eigenvalue weighted by atomic mass is 35.5. The van der Waals surface area contributed by atoms with Gasteiger partial charge in [0.1, 0.15) is 5.75 Å². The first-order valence-corrected chi connectivity index (χ1v) is 6.47. The molecule has 0 unspecified atom stereocenters. The molecule has 0 aliphatic rings. The first-order valence-electron chi connectivity index (χ1n) is 5.71. The average Bonchev–Trinajstić information content (AvgIpc) is 2.42. The fourth-order valence-electron chi connectivity index (χ4n) is 1.68. The Kier molecular flexibility index (Phi) is 4.37. The summed E-state index contributed by atoms with van der Waals surface area (Å²) in [5.74, 6) is 0.0287. The van der Waals surface area contributed by atoms with E-state index in [4.69, 9.17) is 33.7 Å². The molecular weight excluding hydrogens is 299 g/mol. The van der Waals surface area contributed by atoms with Crippen molar-refractivity contribution in [1.82, 2.24) is 0 Å². The van der Waals surface area contributed by atoms with Crippen LogP contribution in [0.5, 0.6) is 5.75 Å². The number of halogens is 2. The van der Waals surface area contributed by atoms with Crippen molar-refractivity contribution >= 4 is 40.5 Å². The molecule has 0 heterocycles. The van der Waals surface area contributed by atoms with Crippen LogP contribution in [0.1, 0.15) is 10.4 Å². The van der Waals surface area contributed by atoms with Crippen LogP contribution in [0.2, 0.25) is 10.0 Å². The second-order valence-corrected chi connectivity index (χ2v) is 4.88. The molecule has 0 aliphatic heterocycles. The number of carbonyl (C=O) groups is 1. The molecule has 20 heavy (non-hydrogen) atoms. The Morgan fingerprint density at radius 3 is 2.65 bits per heavy atom. The number of rotatable bonds is 3. The number of nitrogens with one attached hydrogen (secondary N) is 1. The number of benzene rings is 2. The van der Waals surface area contributed by atoms with Crippen molar-refractivity contribution in [3.05, 3.63) is 52.0 Å². The maximum atomic E-state index is 12.2. The normalized spacial score (nSPS) is 10.2. The Bertz CT molecular complexity index is 660. The summed E-state index contributed by atoms with van der Waals surface area (Å²) in [4.78, 5) is 12.2. The lowest BCUT2D eigenvalue weighted by atomic mass is 10.1. The van der Waals surface area contributed by atoms with Crippen LogP contribution < -0.4 is 15.8 Å². The first kappa shape index (κ1) is 14.5. The van der Waals surface area contributed by atoms with Gasteiger partial charge in [-0.25, -0.2) is 0 Å². The molecule has 0 aromatic heterocycles. The van der Waals surface area contributed by atoms with Crippen molar-refractivity contribution in [3.63, 3.8) is 0 Å². The number of methoxy groups -OCH3 is 1. The minimum Gasteiger partial charge on any atom is -0.496 e. The highest BCUT2D eigenvalue weighted by Gasteiger charge is 2.14. The second kappa shape index (κ2) is 6.03. The molecule has 3 N–H and O–H groups in total. The summed E-state index contributed by atoms with van der Waals surface area (Å²) in [6.07, 6.45) is 0. The van der Waals surface area contributed by atoms with Gasteiger partial charge in [0.15, 0.2) is 0 Å². The van der Waals surface area contributed by atoms with Crippen molar-refractivity contribution in [1.29, 1.82) is 0 Å². The zero-order chi connectivity index (χ0) is 14.7. The molecule has 2 aromatic carbocycles. The summed E-state index contributed by atoms with van der Waals surface area (Å²) in [5, 5.41) is 3.58. The summed E-state index contributed by atoms with van der Waals surface area (Å²) in [5.41, 5.74) is 6.97. The van der Waals surface area contributed by atoms with Crippen molar-refractivity contribution in [3.8, 4) is 5.75 Å². The van der Waals surface area contributed by atoms with Crippen LogP contribution in [-0.2, 0) is 0 Å². The van der Waals surface area contributed by atoms with Gasteiger partial charge in [-0.2, -0.15) is 0 Å². The topological polar surface area (TPSA) is 64.3 Å². The van der Waals surface area contributed by atoms with Crippen LogP contribution >= 0.6 is 23.2 Å². The van der Waals surface area contributed by atoms with E-state index in [1.807, 2.05) is 0 Å². The van der Waals surface area contributed by atoms with Gasteiger partial charge in [0, 0.05) is 10.7 Å². The predicted molar refractivity (Wildman–Crippen MR) is 81.8 cm³/mol. The van der Waals surface area contributed by atoms with Gasteiger partial charge in [0.05, 0.1) is 23.4 Å². The predicted octanol–water partition coefficient (Wildman–Crippen LogP) is 3.84. The van der Waals surface area contributed by atoms with Crippen LogP contribution in [-0.4, -0.2) is 13.0 Å². The van der Waals surface area contributed by atoms with E-state index in [9.17, 15) is 4.79 Å². The zero-order valence-electron chi connectivity index (χ0n) is 10.6. The molecule has 6 heteroatoms. The number of nitrogen functional groups attached to an aromatic ring is 1. The number of anilines is 2. The molecule has 1 amide bonds. The first-order chi connectivity index (χ1) is 9.51. The minimum absolute atomic E-state index is 0.356. The highest BCUT2D eigenvalue weighted by molar-refractivity contribution is 6.34. The number of hydrogen-bond donors (Lipinski definition) is 2. The fraction of sp³-hybridized carbons (Fsp3) is 0.0714. The van der Waals surface area contributed by atoms with Crippen LogP contribution in [0.15, 0.2) is 36.4 Å². The lowest BCUT2D eigenvalue weighted by molar-refractivity contribution is 0.102. The number of nitrogens with two attached hydrogens (primary N) is 1. The van der Waals surface area contributed by atoms with Crippen LogP contribution in [0.4, 0.5) is 11.4 Å². The van der Waals surface area contributed by atoms with Gasteiger partial charge < -0.3 is 15.8 Å². The Labute approximate surface area is 126 Å². The van der Waals surface area contributed by atoms with Crippen molar-refractivity contribution in [2.45, 2.75) is 0 Å². The lowest BCUT2D eigenvalue weighted by Gasteiger charge is -2.11. The molecule has 0 fully saturated rings. The van der Waals surface area contributed by atoms with Crippen molar-refractivity contribution in [2.75, 3.05) is 18.2 Å². The largest absolute Gasteiger partial charge is 0.496 e. The van der Waals surface area contributed by atoms with Gasteiger partial charge in [-0.15, -0.1) is 0 Å². The molecular formula is C14H12Cl2N2O2. The van der Waals surface area contributed by atoms with E-state index < -0.39 is 0 Å². The van der Waals surface area contributed by atoms with Gasteiger partial charge in [0.25, 0.3) is 5.91 Å². The fourth-order valence-corrected chi connectivity index (χ4v) is 2.01. The number of hydrogen-bond acceptors (Lipinski definition) is 3. The molecule has 0 radical (unpaired) electrons. The molecule has 0 aliphatic carbocycles. The number of carbonyl (C=O) groups excluding carboxylic acids is 1. The highest BCUT2D eigenvalue weighted by Crippen LogP contribution is 2.27. The van der Waals surface area contributed by atoms with Crippen molar-refractivity contribution < 1.29 is 9.53 Å². The van der Waals surface area contributed by atoms with Gasteiger partial charge in [-0.1, -0.05) is 23.2 Å². The van der Waals surface area contributed by atoms with E-state index in [-0.39, 0.29) is 5.91 Å². The van der Waals surface area contributed by atoms with E-state index in [2.05, 4.69) is 5.32 Å². The van der Waals surface area contributed by atoms with Crippen molar-refractivity contribution in [2.24, 2.45) is 0 Å². The number of amides is 1. The molecule has 2 aromatic rings. The summed E-state index contributed by atoms with van der Waals surface area (Å²) in [6.45, 7) is 0. The Balaban J connectivity index is 2.30. The Morgan fingerprint density at radius 2 is 1.95 bits per heavy atom. The standard InChI is InChI=1S/C14H12Cl2N2O2/c1-20-13-6-8(15)2-4-10(13)14(19)18-12-7-9(17)3-5-11(12)16/h2-7H,17H2,1H3,(H,18,19). The quantitative estimate of drug-likeness (QED) is 0.847. The maximum absolute atomic E-state index is 12.2. The van der Waals surface area contributed by atoms with E-state index in [1.54, 1.807) is 36.4 Å². The molecule has 0 atom stereocenters. The van der Waals surface area contributed by atoms with Gasteiger partial charge in [-0.05, 0) is 36.4 Å². The van der Waals surface area contributed by atoms with E-state index in [1.165, 1.54) is 7.11 Å². The molecule has 4 nitrogen and oxygen atoms in total. The third-order valence-corrected chi connectivity index (χ3v) is 3.21. The van der Waals surface area contributed by atoms with E-state index in [0.717, 1.165) is 0 Å². The molecule has 0 bridgehead atoms. The van der Waals surface area contributed by atoms with E-state index >= 15 is 0 Å². The summed E-state index contributed by atoms with van der Waals surface area (Å²) in [6, 6.07) is 9.61. The molecule has 0 saturated heterocycles. The zero-order valence-corrected chi connectivity index (χ0v) is 12.1. The molecule has 0 spiro atoms. The molecule has 104 valence electrons. The Hall–Kier alpha value is -1.91. The van der Waals surface area contributed by atoms with Gasteiger partial charge in [0.2, 0.25) is 0 Å². The van der Waals surface area contributed by atoms with Crippen LogP contribution in [0.3, 0.4) is 0 Å². The van der Waals surface area contributed by atoms with Gasteiger partial charge in [-0.3, -0.25) is 4.79 Å². The maximum Gasteiger partial charge on any atom is 0.259 e. The van der Waals surface area contributed by atoms with Crippen LogP contribution in [0, 0.1) is 0 Å². The average molecular weight is 311 g/mol. The molecule has 2 rings (SSSR count). The Morgan fingerprint density at radius 1 is 1.20 bits per heavy atom. The molecule has 0 saturated carbocycles. The smallest absolute Gasteiger partial charge is 0.259 e.